The molecule has 0 radical (unpaired) electrons. The van der Waals surface area contributed by atoms with Gasteiger partial charge in [-0.05, 0) is 43.9 Å². The number of hydrogen-bond acceptors (Lipinski definition) is 4. The van der Waals surface area contributed by atoms with Crippen molar-refractivity contribution >= 4 is 23.5 Å². The topological polar surface area (TPSA) is 54.0 Å². The van der Waals surface area contributed by atoms with Crippen molar-refractivity contribution in [1.82, 2.24) is 10.3 Å². The van der Waals surface area contributed by atoms with Crippen molar-refractivity contribution in [2.24, 2.45) is 0 Å². The average Bonchev–Trinajstić information content (AvgIpc) is 2.39. The maximum absolute atomic E-state index is 11.8. The molecule has 100 valence electrons. The number of nitrogens with zero attached hydrogens (tertiary/aromatic N) is 1. The smallest absolute Gasteiger partial charge is 0.252 e. The summed E-state index contributed by atoms with van der Waals surface area (Å²) in [4.78, 5) is 15.9. The third kappa shape index (κ3) is 5.40. The second kappa shape index (κ2) is 8.80. The van der Waals surface area contributed by atoms with Crippen molar-refractivity contribution in [3.05, 3.63) is 23.9 Å². The minimum Gasteiger partial charge on any atom is -0.370 e. The third-order valence-electron chi connectivity index (χ3n) is 2.44. The highest BCUT2D eigenvalue weighted by atomic mass is 32.2. The Kier molecular flexibility index (Phi) is 7.25. The van der Waals surface area contributed by atoms with E-state index in [0.717, 1.165) is 37.5 Å². The number of pyridine rings is 1. The molecular formula is C13H21N3OS. The first kappa shape index (κ1) is 14.8. The van der Waals surface area contributed by atoms with E-state index in [1.54, 1.807) is 12.3 Å². The Morgan fingerprint density at radius 3 is 2.83 bits per heavy atom. The van der Waals surface area contributed by atoms with E-state index in [-0.39, 0.29) is 5.91 Å². The predicted molar refractivity (Wildman–Crippen MR) is 78.3 cm³/mol. The van der Waals surface area contributed by atoms with Gasteiger partial charge in [0.1, 0.15) is 5.82 Å². The second-order valence-corrected chi connectivity index (χ2v) is 4.90. The minimum absolute atomic E-state index is 0.0466. The summed E-state index contributed by atoms with van der Waals surface area (Å²) in [5.74, 6) is 1.90. The lowest BCUT2D eigenvalue weighted by molar-refractivity contribution is 0.0953. The minimum atomic E-state index is -0.0466. The van der Waals surface area contributed by atoms with Crippen molar-refractivity contribution < 1.29 is 4.79 Å². The van der Waals surface area contributed by atoms with E-state index in [2.05, 4.69) is 21.9 Å². The summed E-state index contributed by atoms with van der Waals surface area (Å²) in [6.45, 7) is 3.57. The van der Waals surface area contributed by atoms with E-state index in [1.165, 1.54) is 0 Å². The average molecular weight is 267 g/mol. The van der Waals surface area contributed by atoms with Crippen LogP contribution in [0.5, 0.6) is 0 Å². The van der Waals surface area contributed by atoms with Crippen molar-refractivity contribution in [3.8, 4) is 0 Å². The molecule has 4 nitrogen and oxygen atoms in total. The molecule has 1 amide bonds. The maximum Gasteiger partial charge on any atom is 0.252 e. The van der Waals surface area contributed by atoms with Crippen LogP contribution in [0.1, 0.15) is 30.1 Å². The molecule has 18 heavy (non-hydrogen) atoms. The van der Waals surface area contributed by atoms with Crippen molar-refractivity contribution in [2.75, 3.05) is 30.4 Å². The first-order chi connectivity index (χ1) is 8.77. The molecule has 0 atom stereocenters. The van der Waals surface area contributed by atoms with Crippen LogP contribution < -0.4 is 10.6 Å². The van der Waals surface area contributed by atoms with Gasteiger partial charge >= 0.3 is 0 Å². The van der Waals surface area contributed by atoms with Gasteiger partial charge in [-0.3, -0.25) is 4.79 Å². The van der Waals surface area contributed by atoms with Crippen LogP contribution in [0.3, 0.4) is 0 Å². The Labute approximate surface area is 113 Å². The molecule has 0 aromatic carbocycles. The molecule has 0 aliphatic rings. The summed E-state index contributed by atoms with van der Waals surface area (Å²) in [5.41, 5.74) is 0.613. The van der Waals surface area contributed by atoms with E-state index in [0.29, 0.717) is 5.56 Å². The molecule has 1 rings (SSSR count). The summed E-state index contributed by atoms with van der Waals surface area (Å²) < 4.78 is 0. The highest BCUT2D eigenvalue weighted by molar-refractivity contribution is 7.98. The van der Waals surface area contributed by atoms with Gasteiger partial charge in [0, 0.05) is 19.3 Å². The van der Waals surface area contributed by atoms with E-state index in [4.69, 9.17) is 0 Å². The summed E-state index contributed by atoms with van der Waals surface area (Å²) in [6, 6.07) is 3.62. The van der Waals surface area contributed by atoms with Gasteiger partial charge in [-0.2, -0.15) is 11.8 Å². The highest BCUT2D eigenvalue weighted by Gasteiger charge is 2.04. The number of rotatable bonds is 8. The molecule has 0 aliphatic carbocycles. The maximum atomic E-state index is 11.8. The number of nitrogens with one attached hydrogen (secondary N) is 2. The first-order valence-corrected chi connectivity index (χ1v) is 7.64. The monoisotopic (exact) mass is 267 g/mol. The van der Waals surface area contributed by atoms with Crippen molar-refractivity contribution in [1.29, 1.82) is 0 Å². The van der Waals surface area contributed by atoms with Crippen molar-refractivity contribution in [2.45, 2.75) is 19.8 Å². The zero-order valence-corrected chi connectivity index (χ0v) is 11.8. The number of carbonyl (C=O) groups excluding carboxylic acids is 1. The molecule has 5 heteroatoms. The van der Waals surface area contributed by atoms with Crippen LogP contribution in [0.15, 0.2) is 18.3 Å². The van der Waals surface area contributed by atoms with Gasteiger partial charge in [-0.15, -0.1) is 0 Å². The lowest BCUT2D eigenvalue weighted by Gasteiger charge is -2.06. The molecule has 1 heterocycles. The van der Waals surface area contributed by atoms with Gasteiger partial charge in [0.2, 0.25) is 0 Å². The molecular weight excluding hydrogens is 246 g/mol. The summed E-state index contributed by atoms with van der Waals surface area (Å²) in [7, 11) is 0. The van der Waals surface area contributed by atoms with Crippen LogP contribution in [0, 0.1) is 0 Å². The summed E-state index contributed by atoms with van der Waals surface area (Å²) in [6.07, 6.45) is 5.86. The van der Waals surface area contributed by atoms with Crippen LogP contribution in [0.25, 0.3) is 0 Å². The van der Waals surface area contributed by atoms with Gasteiger partial charge in [-0.25, -0.2) is 4.98 Å². The Balaban J connectivity index is 2.32. The molecule has 1 aromatic heterocycles. The van der Waals surface area contributed by atoms with Gasteiger partial charge in [0.15, 0.2) is 0 Å². The standard InChI is InChI=1S/C13H21N3OS/c1-3-14-12-7-6-11(10-16-12)13(17)15-8-4-5-9-18-2/h6-7,10H,3-5,8-9H2,1-2H3,(H,14,16)(H,15,17). The zero-order valence-electron chi connectivity index (χ0n) is 11.0. The molecule has 0 saturated carbocycles. The molecule has 0 bridgehead atoms. The molecule has 0 aliphatic heterocycles. The van der Waals surface area contributed by atoms with Gasteiger partial charge < -0.3 is 10.6 Å². The van der Waals surface area contributed by atoms with E-state index >= 15 is 0 Å². The van der Waals surface area contributed by atoms with E-state index in [9.17, 15) is 4.79 Å². The Hall–Kier alpha value is -1.23. The van der Waals surface area contributed by atoms with Crippen LogP contribution >= 0.6 is 11.8 Å². The van der Waals surface area contributed by atoms with Crippen LogP contribution in [-0.4, -0.2) is 36.0 Å². The SMILES string of the molecule is CCNc1ccc(C(=O)NCCCCSC)cn1. The van der Waals surface area contributed by atoms with Gasteiger partial charge in [-0.1, -0.05) is 0 Å². The normalized spacial score (nSPS) is 10.1. The molecule has 1 aromatic rings. The molecule has 0 saturated heterocycles. The molecule has 0 spiro atoms. The van der Waals surface area contributed by atoms with Crippen molar-refractivity contribution in [3.63, 3.8) is 0 Å². The van der Waals surface area contributed by atoms with Crippen LogP contribution in [0.4, 0.5) is 5.82 Å². The van der Waals surface area contributed by atoms with Gasteiger partial charge in [0.05, 0.1) is 5.56 Å². The Morgan fingerprint density at radius 1 is 1.39 bits per heavy atom. The van der Waals surface area contributed by atoms with E-state index < -0.39 is 0 Å². The summed E-state index contributed by atoms with van der Waals surface area (Å²) in [5, 5.41) is 6.00. The lowest BCUT2D eigenvalue weighted by atomic mass is 10.2. The number of amides is 1. The largest absolute Gasteiger partial charge is 0.370 e. The van der Waals surface area contributed by atoms with Gasteiger partial charge in [0.25, 0.3) is 5.91 Å². The fourth-order valence-corrected chi connectivity index (χ4v) is 1.98. The highest BCUT2D eigenvalue weighted by Crippen LogP contribution is 2.05. The first-order valence-electron chi connectivity index (χ1n) is 6.25. The number of aromatic nitrogens is 1. The number of unbranched alkanes of at least 4 members (excludes halogenated alkanes) is 1. The predicted octanol–water partition coefficient (Wildman–Crippen LogP) is 2.39. The number of hydrogen-bond donors (Lipinski definition) is 2. The lowest BCUT2D eigenvalue weighted by Crippen LogP contribution is -2.24. The number of thioether (sulfide) groups is 1. The fraction of sp³-hybridized carbons (Fsp3) is 0.538. The second-order valence-electron chi connectivity index (χ2n) is 3.92. The summed E-state index contributed by atoms with van der Waals surface area (Å²) >= 11 is 1.83. The van der Waals surface area contributed by atoms with E-state index in [1.807, 2.05) is 24.8 Å². The molecule has 0 fully saturated rings. The van der Waals surface area contributed by atoms with Crippen LogP contribution in [0.2, 0.25) is 0 Å². The quantitative estimate of drug-likeness (QED) is 0.710. The number of anilines is 1. The Morgan fingerprint density at radius 2 is 2.22 bits per heavy atom. The molecule has 0 unspecified atom stereocenters. The fourth-order valence-electron chi connectivity index (χ4n) is 1.49. The van der Waals surface area contributed by atoms with Crippen LogP contribution in [-0.2, 0) is 0 Å². The Bertz CT molecular complexity index is 354. The molecule has 2 N–H and O–H groups in total. The zero-order chi connectivity index (χ0) is 13.2. The third-order valence-corrected chi connectivity index (χ3v) is 3.14. The number of carbonyl (C=O) groups is 1.